The summed E-state index contributed by atoms with van der Waals surface area (Å²) in [4.78, 5) is 14.4. The zero-order valence-corrected chi connectivity index (χ0v) is 13.5. The number of amides is 2. The fourth-order valence-corrected chi connectivity index (χ4v) is 2.93. The van der Waals surface area contributed by atoms with Crippen LogP contribution in [0.15, 0.2) is 18.2 Å². The molecule has 1 aliphatic heterocycles. The van der Waals surface area contributed by atoms with Crippen LogP contribution in [0.2, 0.25) is 0 Å². The predicted octanol–water partition coefficient (Wildman–Crippen LogP) is 3.45. The van der Waals surface area contributed by atoms with Crippen molar-refractivity contribution in [3.05, 3.63) is 29.3 Å². The topological polar surface area (TPSA) is 41.6 Å². The number of carbonyl (C=O) groups excluding carboxylic acids is 1. The quantitative estimate of drug-likeness (QED) is 0.926. The van der Waals surface area contributed by atoms with Crippen LogP contribution in [0.1, 0.15) is 38.8 Å². The first kappa shape index (κ1) is 15.8. The fourth-order valence-electron chi connectivity index (χ4n) is 2.93. The van der Waals surface area contributed by atoms with E-state index in [1.807, 2.05) is 18.7 Å². The van der Waals surface area contributed by atoms with E-state index < -0.39 is 0 Å². The Morgan fingerprint density at radius 2 is 1.71 bits per heavy atom. The Morgan fingerprint density at radius 1 is 1.19 bits per heavy atom. The highest BCUT2D eigenvalue weighted by atomic mass is 16.5. The Bertz CT molecular complexity index is 469. The molecule has 1 saturated heterocycles. The minimum Gasteiger partial charge on any atom is -0.372 e. The van der Waals surface area contributed by atoms with Gasteiger partial charge in [0.15, 0.2) is 0 Å². The maximum absolute atomic E-state index is 12.6. The number of anilines is 1. The first-order valence-electron chi connectivity index (χ1n) is 7.87. The molecule has 1 N–H and O–H groups in total. The van der Waals surface area contributed by atoms with Gasteiger partial charge in [-0.25, -0.2) is 4.79 Å². The zero-order chi connectivity index (χ0) is 15.4. The van der Waals surface area contributed by atoms with Crippen LogP contribution < -0.4 is 5.32 Å². The van der Waals surface area contributed by atoms with E-state index in [2.05, 4.69) is 37.4 Å². The monoisotopic (exact) mass is 290 g/mol. The molecule has 1 fully saturated rings. The molecule has 0 aliphatic carbocycles. The van der Waals surface area contributed by atoms with Crippen molar-refractivity contribution in [1.82, 2.24) is 4.90 Å². The Labute approximate surface area is 127 Å². The van der Waals surface area contributed by atoms with Gasteiger partial charge in [0, 0.05) is 18.8 Å². The normalized spacial score (nSPS) is 22.2. The highest BCUT2D eigenvalue weighted by molar-refractivity contribution is 5.91. The Hall–Kier alpha value is -1.55. The lowest BCUT2D eigenvalue weighted by Gasteiger charge is -2.35. The van der Waals surface area contributed by atoms with E-state index in [9.17, 15) is 4.79 Å². The minimum atomic E-state index is -0.0207. The Kier molecular flexibility index (Phi) is 5.23. The molecule has 1 aromatic carbocycles. The molecular formula is C17H26N2O2. The molecular weight excluding hydrogens is 264 g/mol. The van der Waals surface area contributed by atoms with E-state index in [-0.39, 0.29) is 18.2 Å². The summed E-state index contributed by atoms with van der Waals surface area (Å²) in [6, 6.07) is 6.21. The van der Waals surface area contributed by atoms with Crippen LogP contribution >= 0.6 is 0 Å². The maximum atomic E-state index is 12.6. The smallest absolute Gasteiger partial charge is 0.322 e. The molecule has 1 heterocycles. The van der Waals surface area contributed by atoms with Crippen molar-refractivity contribution in [2.75, 3.05) is 18.4 Å². The van der Waals surface area contributed by atoms with Crippen LogP contribution in [0.25, 0.3) is 0 Å². The van der Waals surface area contributed by atoms with E-state index in [0.717, 1.165) is 18.5 Å². The number of carbonyl (C=O) groups is 1. The lowest BCUT2D eigenvalue weighted by molar-refractivity contribution is -0.0530. The van der Waals surface area contributed by atoms with Gasteiger partial charge in [-0.2, -0.15) is 0 Å². The van der Waals surface area contributed by atoms with Crippen molar-refractivity contribution < 1.29 is 9.53 Å². The summed E-state index contributed by atoms with van der Waals surface area (Å²) >= 11 is 0. The highest BCUT2D eigenvalue weighted by Crippen LogP contribution is 2.23. The van der Waals surface area contributed by atoms with Gasteiger partial charge >= 0.3 is 6.03 Å². The van der Waals surface area contributed by atoms with Gasteiger partial charge in [-0.1, -0.05) is 32.0 Å². The van der Waals surface area contributed by atoms with Crippen LogP contribution in [-0.2, 0) is 17.6 Å². The predicted molar refractivity (Wildman–Crippen MR) is 85.8 cm³/mol. The molecule has 0 bridgehead atoms. The number of urea groups is 1. The number of morpholine rings is 1. The molecule has 0 unspecified atom stereocenters. The molecule has 21 heavy (non-hydrogen) atoms. The maximum Gasteiger partial charge on any atom is 0.322 e. The molecule has 0 aromatic heterocycles. The first-order valence-corrected chi connectivity index (χ1v) is 7.87. The highest BCUT2D eigenvalue weighted by Gasteiger charge is 2.26. The van der Waals surface area contributed by atoms with Gasteiger partial charge in [0.05, 0.1) is 12.2 Å². The van der Waals surface area contributed by atoms with Crippen molar-refractivity contribution >= 4 is 11.7 Å². The lowest BCUT2D eigenvalue weighted by atomic mass is 10.0. The first-order chi connectivity index (χ1) is 10.0. The second kappa shape index (κ2) is 6.94. The summed E-state index contributed by atoms with van der Waals surface area (Å²) in [5.41, 5.74) is 3.37. The molecule has 4 heteroatoms. The second-order valence-corrected chi connectivity index (χ2v) is 5.75. The van der Waals surface area contributed by atoms with E-state index in [0.29, 0.717) is 13.1 Å². The van der Waals surface area contributed by atoms with Gasteiger partial charge < -0.3 is 15.0 Å². The van der Waals surface area contributed by atoms with E-state index in [1.165, 1.54) is 11.1 Å². The van der Waals surface area contributed by atoms with Gasteiger partial charge in [-0.3, -0.25) is 0 Å². The van der Waals surface area contributed by atoms with Crippen LogP contribution in [0, 0.1) is 0 Å². The average Bonchev–Trinajstić information content (AvgIpc) is 2.46. The van der Waals surface area contributed by atoms with Crippen LogP contribution in [0.4, 0.5) is 10.5 Å². The number of nitrogens with zero attached hydrogens (tertiary/aromatic N) is 1. The van der Waals surface area contributed by atoms with Crippen molar-refractivity contribution in [3.63, 3.8) is 0 Å². The molecule has 4 nitrogen and oxygen atoms in total. The summed E-state index contributed by atoms with van der Waals surface area (Å²) in [6.45, 7) is 9.53. The van der Waals surface area contributed by atoms with Crippen molar-refractivity contribution in [3.8, 4) is 0 Å². The average molecular weight is 290 g/mol. The standard InChI is InChI=1S/C17H26N2O2/c1-5-14-8-7-9-15(6-2)16(14)18-17(20)19-10-12(3)21-13(4)11-19/h7-9,12-13H,5-6,10-11H2,1-4H3,(H,18,20)/t12-,13+. The number of hydrogen-bond acceptors (Lipinski definition) is 2. The van der Waals surface area contributed by atoms with E-state index in [4.69, 9.17) is 4.74 Å². The molecule has 0 radical (unpaired) electrons. The number of rotatable bonds is 3. The van der Waals surface area contributed by atoms with Gasteiger partial charge in [-0.05, 0) is 37.8 Å². The molecule has 2 rings (SSSR count). The van der Waals surface area contributed by atoms with Crippen LogP contribution in [-0.4, -0.2) is 36.2 Å². The minimum absolute atomic E-state index is 0.0207. The van der Waals surface area contributed by atoms with Crippen molar-refractivity contribution in [2.45, 2.75) is 52.7 Å². The molecule has 2 atom stereocenters. The molecule has 1 aromatic rings. The number of para-hydroxylation sites is 1. The lowest BCUT2D eigenvalue weighted by Crippen LogP contribution is -2.49. The van der Waals surface area contributed by atoms with Crippen LogP contribution in [0.3, 0.4) is 0 Å². The fraction of sp³-hybridized carbons (Fsp3) is 0.588. The third kappa shape index (κ3) is 3.76. The summed E-state index contributed by atoms with van der Waals surface area (Å²) in [6.07, 6.45) is 2.01. The SMILES string of the molecule is CCc1cccc(CC)c1NC(=O)N1C[C@@H](C)O[C@@H](C)C1. The van der Waals surface area contributed by atoms with Crippen molar-refractivity contribution in [1.29, 1.82) is 0 Å². The molecule has 116 valence electrons. The zero-order valence-electron chi connectivity index (χ0n) is 13.5. The van der Waals surface area contributed by atoms with Gasteiger partial charge in [-0.15, -0.1) is 0 Å². The van der Waals surface area contributed by atoms with E-state index >= 15 is 0 Å². The Balaban J connectivity index is 2.15. The number of benzene rings is 1. The van der Waals surface area contributed by atoms with Gasteiger partial charge in [0.2, 0.25) is 0 Å². The number of nitrogens with one attached hydrogen (secondary N) is 1. The summed E-state index contributed by atoms with van der Waals surface area (Å²) in [7, 11) is 0. The summed E-state index contributed by atoms with van der Waals surface area (Å²) in [5.74, 6) is 0. The summed E-state index contributed by atoms with van der Waals surface area (Å²) in [5, 5.41) is 3.12. The number of hydrogen-bond donors (Lipinski definition) is 1. The van der Waals surface area contributed by atoms with Gasteiger partial charge in [0.25, 0.3) is 0 Å². The van der Waals surface area contributed by atoms with Crippen molar-refractivity contribution in [2.24, 2.45) is 0 Å². The van der Waals surface area contributed by atoms with E-state index in [1.54, 1.807) is 0 Å². The Morgan fingerprint density at radius 3 is 2.19 bits per heavy atom. The largest absolute Gasteiger partial charge is 0.372 e. The van der Waals surface area contributed by atoms with Crippen LogP contribution in [0.5, 0.6) is 0 Å². The number of ether oxygens (including phenoxy) is 1. The third-order valence-electron chi connectivity index (χ3n) is 3.94. The number of aryl methyl sites for hydroxylation is 2. The molecule has 1 aliphatic rings. The van der Waals surface area contributed by atoms with Gasteiger partial charge in [0.1, 0.15) is 0 Å². The molecule has 0 spiro atoms. The molecule has 0 saturated carbocycles. The summed E-state index contributed by atoms with van der Waals surface area (Å²) < 4.78 is 5.68. The third-order valence-corrected chi connectivity index (χ3v) is 3.94. The molecule has 2 amide bonds. The second-order valence-electron chi connectivity index (χ2n) is 5.75.